The van der Waals surface area contributed by atoms with Crippen molar-refractivity contribution in [2.24, 2.45) is 5.73 Å². The third kappa shape index (κ3) is 3.00. The lowest BCUT2D eigenvalue weighted by atomic mass is 9.98. The zero-order valence-corrected chi connectivity index (χ0v) is 10.8. The van der Waals surface area contributed by atoms with Crippen molar-refractivity contribution in [3.63, 3.8) is 0 Å². The molecule has 2 saturated heterocycles. The van der Waals surface area contributed by atoms with E-state index >= 15 is 0 Å². The first-order chi connectivity index (χ1) is 8.58. The van der Waals surface area contributed by atoms with Crippen LogP contribution in [0.3, 0.4) is 0 Å². The van der Waals surface area contributed by atoms with Crippen molar-refractivity contribution in [2.75, 3.05) is 13.1 Å². The molecule has 6 heteroatoms. The van der Waals surface area contributed by atoms with E-state index in [1.165, 1.54) is 25.8 Å². The van der Waals surface area contributed by atoms with Crippen LogP contribution in [0.1, 0.15) is 32.6 Å². The summed E-state index contributed by atoms with van der Waals surface area (Å²) in [6.45, 7) is 4.04. The molecule has 102 valence electrons. The Morgan fingerprint density at radius 3 is 2.78 bits per heavy atom. The average Bonchev–Trinajstić information content (AvgIpc) is 2.72. The van der Waals surface area contributed by atoms with Crippen molar-refractivity contribution in [3.8, 4) is 0 Å². The Morgan fingerprint density at radius 2 is 2.06 bits per heavy atom. The van der Waals surface area contributed by atoms with Crippen molar-refractivity contribution in [1.29, 1.82) is 0 Å². The Balaban J connectivity index is 1.85. The minimum atomic E-state index is -0.792. The Labute approximate surface area is 107 Å². The maximum Gasteiger partial charge on any atom is 0.318 e. The van der Waals surface area contributed by atoms with Gasteiger partial charge in [-0.2, -0.15) is 0 Å². The molecule has 2 rings (SSSR count). The van der Waals surface area contributed by atoms with E-state index in [-0.39, 0.29) is 11.9 Å². The zero-order valence-electron chi connectivity index (χ0n) is 10.8. The van der Waals surface area contributed by atoms with E-state index in [2.05, 4.69) is 15.5 Å². The summed E-state index contributed by atoms with van der Waals surface area (Å²) in [5.74, 6) is -0.350. The summed E-state index contributed by atoms with van der Waals surface area (Å²) in [7, 11) is 0. The van der Waals surface area contributed by atoms with E-state index in [0.717, 1.165) is 13.0 Å². The Kier molecular flexibility index (Phi) is 4.19. The Morgan fingerprint density at radius 1 is 1.28 bits per heavy atom. The molecule has 0 saturated carbocycles. The second-order valence-electron chi connectivity index (χ2n) is 5.24. The maximum absolute atomic E-state index is 11.6. The summed E-state index contributed by atoms with van der Waals surface area (Å²) < 4.78 is 0. The molecule has 2 aliphatic heterocycles. The van der Waals surface area contributed by atoms with E-state index in [4.69, 9.17) is 5.73 Å². The van der Waals surface area contributed by atoms with Crippen molar-refractivity contribution >= 4 is 11.9 Å². The van der Waals surface area contributed by atoms with Crippen molar-refractivity contribution < 1.29 is 9.59 Å². The average molecular weight is 254 g/mol. The fraction of sp³-hybridized carbons (Fsp3) is 0.833. The highest BCUT2D eigenvalue weighted by Gasteiger charge is 2.36. The molecule has 0 bridgehead atoms. The summed E-state index contributed by atoms with van der Waals surface area (Å²) in [5, 5.41) is 5.43. The minimum Gasteiger partial charge on any atom is -0.351 e. The Hall–Kier alpha value is -1.14. The van der Waals surface area contributed by atoms with Crippen LogP contribution in [0.4, 0.5) is 4.79 Å². The number of carbonyl (C=O) groups excluding carboxylic acids is 2. The monoisotopic (exact) mass is 254 g/mol. The summed E-state index contributed by atoms with van der Waals surface area (Å²) in [6.07, 6.45) is 4.81. The fourth-order valence-corrected chi connectivity index (χ4v) is 3.07. The lowest BCUT2D eigenvalue weighted by Crippen LogP contribution is -2.53. The number of imide groups is 1. The van der Waals surface area contributed by atoms with Gasteiger partial charge < -0.3 is 11.1 Å². The minimum absolute atomic E-state index is 0.346. The normalized spacial score (nSPS) is 29.6. The van der Waals surface area contributed by atoms with Gasteiger partial charge in [-0.05, 0) is 32.7 Å². The highest BCUT2D eigenvalue weighted by Crippen LogP contribution is 2.27. The summed E-state index contributed by atoms with van der Waals surface area (Å²) in [6, 6.07) is -0.287. The largest absolute Gasteiger partial charge is 0.351 e. The molecule has 4 N–H and O–H groups in total. The van der Waals surface area contributed by atoms with E-state index in [9.17, 15) is 9.59 Å². The number of carbonyl (C=O) groups is 2. The van der Waals surface area contributed by atoms with Crippen LogP contribution in [0.2, 0.25) is 0 Å². The second-order valence-corrected chi connectivity index (χ2v) is 5.24. The number of amides is 3. The lowest BCUT2D eigenvalue weighted by molar-refractivity contribution is -0.121. The number of hydrogen-bond acceptors (Lipinski definition) is 4. The number of nitrogens with two attached hydrogens (primary N) is 1. The van der Waals surface area contributed by atoms with Crippen LogP contribution in [0.5, 0.6) is 0 Å². The van der Waals surface area contributed by atoms with Crippen LogP contribution in [0.15, 0.2) is 0 Å². The molecule has 0 spiro atoms. The van der Waals surface area contributed by atoms with Crippen molar-refractivity contribution in [1.82, 2.24) is 15.5 Å². The van der Waals surface area contributed by atoms with E-state index < -0.39 is 6.03 Å². The number of nitrogens with zero attached hydrogens (tertiary/aromatic N) is 1. The number of fused-ring (bicyclic) bond motifs is 1. The van der Waals surface area contributed by atoms with Crippen LogP contribution >= 0.6 is 0 Å². The quantitative estimate of drug-likeness (QED) is 0.650. The third-order valence-corrected chi connectivity index (χ3v) is 3.96. The van der Waals surface area contributed by atoms with Crippen LogP contribution in [0.25, 0.3) is 0 Å². The highest BCUT2D eigenvalue weighted by atomic mass is 16.2. The van der Waals surface area contributed by atoms with E-state index in [1.54, 1.807) is 6.92 Å². The molecular weight excluding hydrogens is 232 g/mol. The van der Waals surface area contributed by atoms with Gasteiger partial charge in [-0.15, -0.1) is 0 Å². The maximum atomic E-state index is 11.6. The molecule has 0 radical (unpaired) electrons. The molecule has 0 aromatic heterocycles. The number of primary amides is 1. The number of piperidine rings is 1. The number of rotatable bonds is 3. The molecule has 3 amide bonds. The third-order valence-electron chi connectivity index (χ3n) is 3.96. The second kappa shape index (κ2) is 5.67. The van der Waals surface area contributed by atoms with Crippen molar-refractivity contribution in [3.05, 3.63) is 0 Å². The van der Waals surface area contributed by atoms with Gasteiger partial charge in [0.2, 0.25) is 5.91 Å². The number of nitrogens with one attached hydrogen (secondary N) is 2. The predicted octanol–water partition coefficient (Wildman–Crippen LogP) is -0.214. The fourth-order valence-electron chi connectivity index (χ4n) is 3.07. The lowest BCUT2D eigenvalue weighted by Gasteiger charge is -2.33. The topological polar surface area (TPSA) is 87.5 Å². The predicted molar refractivity (Wildman–Crippen MR) is 67.9 cm³/mol. The summed E-state index contributed by atoms with van der Waals surface area (Å²) in [4.78, 5) is 24.7. The van der Waals surface area contributed by atoms with Crippen LogP contribution in [0, 0.1) is 0 Å². The van der Waals surface area contributed by atoms with Gasteiger partial charge in [0.25, 0.3) is 0 Å². The molecule has 2 heterocycles. The van der Waals surface area contributed by atoms with Crippen LogP contribution in [-0.2, 0) is 4.79 Å². The van der Waals surface area contributed by atoms with Gasteiger partial charge in [-0.1, -0.05) is 6.42 Å². The smallest absolute Gasteiger partial charge is 0.318 e. The SMILES string of the molecule is CC(NC1CCN2CCCCC12)C(=O)NC(N)=O. The Bertz CT molecular complexity index is 334. The molecule has 0 aromatic carbocycles. The van der Waals surface area contributed by atoms with E-state index in [1.807, 2.05) is 0 Å². The van der Waals surface area contributed by atoms with E-state index in [0.29, 0.717) is 12.1 Å². The first kappa shape index (κ1) is 13.3. The molecule has 2 fully saturated rings. The van der Waals surface area contributed by atoms with Gasteiger partial charge >= 0.3 is 6.03 Å². The molecule has 0 aromatic rings. The molecule has 6 nitrogen and oxygen atoms in total. The molecular formula is C12H22N4O2. The summed E-state index contributed by atoms with van der Waals surface area (Å²) >= 11 is 0. The molecule has 3 unspecified atom stereocenters. The van der Waals surface area contributed by atoms with Gasteiger partial charge in [-0.25, -0.2) is 4.79 Å². The highest BCUT2D eigenvalue weighted by molar-refractivity contribution is 5.96. The molecule has 2 aliphatic rings. The van der Waals surface area contributed by atoms with Gasteiger partial charge in [0.15, 0.2) is 0 Å². The zero-order chi connectivity index (χ0) is 13.1. The first-order valence-electron chi connectivity index (χ1n) is 6.68. The molecule has 18 heavy (non-hydrogen) atoms. The van der Waals surface area contributed by atoms with Gasteiger partial charge in [-0.3, -0.25) is 15.0 Å². The number of urea groups is 1. The molecule has 3 atom stereocenters. The number of hydrogen-bond donors (Lipinski definition) is 3. The molecule has 0 aliphatic carbocycles. The van der Waals surface area contributed by atoms with Crippen LogP contribution in [-0.4, -0.2) is 48.1 Å². The summed E-state index contributed by atoms with van der Waals surface area (Å²) in [5.41, 5.74) is 4.94. The standard InChI is InChI=1S/C12H22N4O2/c1-8(11(17)15-12(13)18)14-9-5-7-16-6-3-2-4-10(9)16/h8-10,14H,2-7H2,1H3,(H3,13,15,17,18). The first-order valence-corrected chi connectivity index (χ1v) is 6.68. The van der Waals surface area contributed by atoms with Gasteiger partial charge in [0.05, 0.1) is 6.04 Å². The van der Waals surface area contributed by atoms with Gasteiger partial charge in [0.1, 0.15) is 0 Å². The van der Waals surface area contributed by atoms with Gasteiger partial charge in [0, 0.05) is 18.6 Å². The van der Waals surface area contributed by atoms with Crippen molar-refractivity contribution in [2.45, 2.75) is 50.7 Å². The van der Waals surface area contributed by atoms with Crippen LogP contribution < -0.4 is 16.4 Å².